The van der Waals surface area contributed by atoms with Crippen molar-refractivity contribution in [2.75, 3.05) is 19.6 Å². The predicted octanol–water partition coefficient (Wildman–Crippen LogP) is 0.852. The fourth-order valence-electron chi connectivity index (χ4n) is 2.07. The van der Waals surface area contributed by atoms with Gasteiger partial charge in [-0.3, -0.25) is 0 Å². The van der Waals surface area contributed by atoms with Crippen LogP contribution < -0.4 is 5.32 Å². The lowest BCUT2D eigenvalue weighted by Gasteiger charge is -2.32. The molecule has 0 aromatic carbocycles. The van der Waals surface area contributed by atoms with E-state index in [0.717, 1.165) is 32.5 Å². The topological polar surface area (TPSA) is 60.6 Å². The molecule has 17 heavy (non-hydrogen) atoms. The van der Waals surface area contributed by atoms with Crippen molar-refractivity contribution in [2.24, 2.45) is 4.99 Å². The summed E-state index contributed by atoms with van der Waals surface area (Å²) in [6.07, 6.45) is 5.25. The first-order chi connectivity index (χ1) is 8.31. The standard InChI is InChI=1S/C12H18N4O/c1-2-16-5-3-11(4-6-16)17-12-14-8-10(7-13)9-15-12/h8-9,11-12,14H,2-6H2,1H3. The Morgan fingerprint density at radius 2 is 2.35 bits per heavy atom. The number of rotatable bonds is 3. The fraction of sp³-hybridized carbons (Fsp3) is 0.667. The van der Waals surface area contributed by atoms with Crippen molar-refractivity contribution in [1.29, 1.82) is 5.26 Å². The minimum Gasteiger partial charge on any atom is -0.346 e. The number of ether oxygens (including phenoxy) is 1. The van der Waals surface area contributed by atoms with Crippen LogP contribution in [0.25, 0.3) is 0 Å². The Kier molecular flexibility index (Phi) is 4.13. The molecule has 0 aromatic heterocycles. The zero-order chi connectivity index (χ0) is 12.1. The molecule has 2 aliphatic rings. The number of nitrogens with one attached hydrogen (secondary N) is 1. The second-order valence-electron chi connectivity index (χ2n) is 4.28. The van der Waals surface area contributed by atoms with Gasteiger partial charge in [-0.2, -0.15) is 5.26 Å². The van der Waals surface area contributed by atoms with Crippen LogP contribution in [0.2, 0.25) is 0 Å². The van der Waals surface area contributed by atoms with E-state index in [4.69, 9.17) is 10.00 Å². The molecule has 1 fully saturated rings. The minimum atomic E-state index is -0.328. The van der Waals surface area contributed by atoms with E-state index in [2.05, 4.69) is 22.1 Å². The van der Waals surface area contributed by atoms with Crippen LogP contribution in [0.3, 0.4) is 0 Å². The Balaban J connectivity index is 1.75. The molecule has 5 heteroatoms. The molecule has 0 aromatic rings. The third-order valence-electron chi connectivity index (χ3n) is 3.16. The Labute approximate surface area is 102 Å². The molecule has 2 heterocycles. The van der Waals surface area contributed by atoms with Gasteiger partial charge in [-0.15, -0.1) is 0 Å². The summed E-state index contributed by atoms with van der Waals surface area (Å²) in [5.74, 6) is 0. The van der Waals surface area contributed by atoms with Crippen LogP contribution in [0.5, 0.6) is 0 Å². The molecule has 1 atom stereocenters. The van der Waals surface area contributed by atoms with Gasteiger partial charge in [0, 0.05) is 25.5 Å². The van der Waals surface area contributed by atoms with Crippen molar-refractivity contribution in [3.8, 4) is 6.07 Å². The first-order valence-electron chi connectivity index (χ1n) is 6.09. The van der Waals surface area contributed by atoms with E-state index in [9.17, 15) is 0 Å². The lowest BCUT2D eigenvalue weighted by Crippen LogP contribution is -2.40. The number of hydrogen-bond donors (Lipinski definition) is 1. The summed E-state index contributed by atoms with van der Waals surface area (Å²) in [7, 11) is 0. The van der Waals surface area contributed by atoms with Gasteiger partial charge in [0.15, 0.2) is 0 Å². The molecular formula is C12H18N4O. The zero-order valence-corrected chi connectivity index (χ0v) is 10.1. The largest absolute Gasteiger partial charge is 0.346 e. The number of aliphatic imine (C=N–C) groups is 1. The lowest BCUT2D eigenvalue weighted by atomic mass is 10.1. The molecule has 0 aliphatic carbocycles. The first-order valence-corrected chi connectivity index (χ1v) is 6.09. The van der Waals surface area contributed by atoms with Crippen molar-refractivity contribution in [2.45, 2.75) is 32.2 Å². The average molecular weight is 234 g/mol. The van der Waals surface area contributed by atoms with Crippen molar-refractivity contribution in [3.63, 3.8) is 0 Å². The summed E-state index contributed by atoms with van der Waals surface area (Å²) in [6, 6.07) is 2.03. The highest BCUT2D eigenvalue weighted by Crippen LogP contribution is 2.15. The van der Waals surface area contributed by atoms with E-state index in [1.807, 2.05) is 6.07 Å². The average Bonchev–Trinajstić information content (AvgIpc) is 2.40. The van der Waals surface area contributed by atoms with E-state index in [1.54, 1.807) is 12.4 Å². The molecule has 0 radical (unpaired) electrons. The van der Waals surface area contributed by atoms with Gasteiger partial charge in [0.25, 0.3) is 0 Å². The Morgan fingerprint density at radius 1 is 1.59 bits per heavy atom. The van der Waals surface area contributed by atoms with Gasteiger partial charge in [0.2, 0.25) is 6.35 Å². The number of hydrogen-bond acceptors (Lipinski definition) is 5. The molecule has 2 aliphatic heterocycles. The van der Waals surface area contributed by atoms with E-state index < -0.39 is 0 Å². The summed E-state index contributed by atoms with van der Waals surface area (Å²) in [6.45, 7) is 5.48. The van der Waals surface area contributed by atoms with Gasteiger partial charge < -0.3 is 15.0 Å². The maximum absolute atomic E-state index is 8.66. The van der Waals surface area contributed by atoms with E-state index in [0.29, 0.717) is 5.57 Å². The third-order valence-corrected chi connectivity index (χ3v) is 3.16. The predicted molar refractivity (Wildman–Crippen MR) is 65.3 cm³/mol. The Morgan fingerprint density at radius 3 is 2.88 bits per heavy atom. The molecule has 5 nitrogen and oxygen atoms in total. The molecule has 0 bridgehead atoms. The molecule has 1 saturated heterocycles. The van der Waals surface area contributed by atoms with Crippen molar-refractivity contribution < 1.29 is 4.74 Å². The highest BCUT2D eigenvalue weighted by Gasteiger charge is 2.21. The molecule has 0 amide bonds. The van der Waals surface area contributed by atoms with Gasteiger partial charge >= 0.3 is 0 Å². The summed E-state index contributed by atoms with van der Waals surface area (Å²) in [4.78, 5) is 6.57. The molecule has 1 N–H and O–H groups in total. The van der Waals surface area contributed by atoms with Gasteiger partial charge in [-0.05, 0) is 19.4 Å². The van der Waals surface area contributed by atoms with E-state index in [1.165, 1.54) is 0 Å². The monoisotopic (exact) mass is 234 g/mol. The summed E-state index contributed by atoms with van der Waals surface area (Å²) >= 11 is 0. The molecule has 92 valence electrons. The third kappa shape index (κ3) is 3.29. The quantitative estimate of drug-likeness (QED) is 0.786. The van der Waals surface area contributed by atoms with Gasteiger partial charge in [-0.1, -0.05) is 6.92 Å². The van der Waals surface area contributed by atoms with E-state index >= 15 is 0 Å². The molecule has 0 saturated carbocycles. The van der Waals surface area contributed by atoms with Crippen LogP contribution >= 0.6 is 0 Å². The zero-order valence-electron chi connectivity index (χ0n) is 10.1. The second kappa shape index (κ2) is 5.80. The smallest absolute Gasteiger partial charge is 0.225 e. The normalized spacial score (nSPS) is 26.1. The van der Waals surface area contributed by atoms with Crippen molar-refractivity contribution in [3.05, 3.63) is 11.8 Å². The van der Waals surface area contributed by atoms with Crippen LogP contribution in [0.4, 0.5) is 0 Å². The Bertz CT molecular complexity index is 350. The molecule has 1 unspecified atom stereocenters. The number of nitriles is 1. The van der Waals surface area contributed by atoms with Gasteiger partial charge in [-0.25, -0.2) is 4.99 Å². The van der Waals surface area contributed by atoms with Crippen molar-refractivity contribution >= 4 is 6.21 Å². The van der Waals surface area contributed by atoms with Gasteiger partial charge in [0.1, 0.15) is 6.07 Å². The lowest BCUT2D eigenvalue weighted by molar-refractivity contribution is -0.0467. The number of allylic oxidation sites excluding steroid dienone is 1. The van der Waals surface area contributed by atoms with Crippen LogP contribution in [-0.4, -0.2) is 43.2 Å². The highest BCUT2D eigenvalue weighted by atomic mass is 16.5. The highest BCUT2D eigenvalue weighted by molar-refractivity contribution is 5.84. The molecule has 2 rings (SSSR count). The maximum atomic E-state index is 8.66. The van der Waals surface area contributed by atoms with Crippen LogP contribution in [-0.2, 0) is 4.74 Å². The maximum Gasteiger partial charge on any atom is 0.225 e. The van der Waals surface area contributed by atoms with Crippen LogP contribution in [0.15, 0.2) is 16.8 Å². The summed E-state index contributed by atoms with van der Waals surface area (Å²) < 4.78 is 5.83. The fourth-order valence-corrected chi connectivity index (χ4v) is 2.07. The number of likely N-dealkylation sites (tertiary alicyclic amines) is 1. The number of piperidine rings is 1. The summed E-state index contributed by atoms with van der Waals surface area (Å²) in [5.41, 5.74) is 0.533. The minimum absolute atomic E-state index is 0.268. The van der Waals surface area contributed by atoms with Crippen molar-refractivity contribution in [1.82, 2.24) is 10.2 Å². The van der Waals surface area contributed by atoms with Crippen LogP contribution in [0.1, 0.15) is 19.8 Å². The Hall–Kier alpha value is -1.38. The summed E-state index contributed by atoms with van der Waals surface area (Å²) in [5, 5.41) is 11.6. The first kappa shape index (κ1) is 12.1. The number of nitrogens with zero attached hydrogens (tertiary/aromatic N) is 3. The second-order valence-corrected chi connectivity index (χ2v) is 4.28. The van der Waals surface area contributed by atoms with Gasteiger partial charge in [0.05, 0.1) is 11.7 Å². The van der Waals surface area contributed by atoms with E-state index in [-0.39, 0.29) is 12.5 Å². The SMILES string of the molecule is CCN1CCC(OC2N=CC(C#N)=CN2)CC1. The molecule has 0 spiro atoms. The molecular weight excluding hydrogens is 216 g/mol. The van der Waals surface area contributed by atoms with Crippen LogP contribution in [0, 0.1) is 11.3 Å².